The van der Waals surface area contributed by atoms with Crippen LogP contribution in [-0.4, -0.2) is 71.3 Å². The van der Waals surface area contributed by atoms with Gasteiger partial charge in [-0.05, 0) is 44.2 Å². The molecule has 1 aliphatic rings. The molecule has 0 spiro atoms. The minimum absolute atomic E-state index is 0.0328. The van der Waals surface area contributed by atoms with Gasteiger partial charge in [-0.1, -0.05) is 6.07 Å². The molecular weight excluding hydrogens is 535 g/mol. The lowest BCUT2D eigenvalue weighted by Crippen LogP contribution is -2.49. The molecule has 1 aliphatic heterocycles. The number of carbonyl (C=O) groups is 3. The van der Waals surface area contributed by atoms with Gasteiger partial charge in [0.25, 0.3) is 5.91 Å². The molecule has 0 atom stereocenters. The van der Waals surface area contributed by atoms with E-state index >= 15 is 0 Å². The number of nitrogens with zero attached hydrogens (tertiary/aromatic N) is 4. The third kappa shape index (κ3) is 7.16. The molecule has 1 fully saturated rings. The van der Waals surface area contributed by atoms with Gasteiger partial charge in [-0.2, -0.15) is 13.2 Å². The van der Waals surface area contributed by atoms with Crippen molar-refractivity contribution in [2.45, 2.75) is 32.5 Å². The molecule has 9 nitrogen and oxygen atoms in total. The second kappa shape index (κ2) is 11.9. The van der Waals surface area contributed by atoms with Crippen LogP contribution >= 0.6 is 11.3 Å². The summed E-state index contributed by atoms with van der Waals surface area (Å²) in [7, 11) is 0. The summed E-state index contributed by atoms with van der Waals surface area (Å²) in [4.78, 5) is 47.2. The SMILES string of the molecule is CC(C)N(CC(=O)Nc1nc(CC(=O)N2CCN(c3cccc(C(F)(F)F)c3)CC2)cs1)C(=O)c1ccco1. The largest absolute Gasteiger partial charge is 0.459 e. The van der Waals surface area contributed by atoms with Crippen molar-refractivity contribution in [2.75, 3.05) is 42.9 Å². The number of furan rings is 1. The van der Waals surface area contributed by atoms with Gasteiger partial charge in [0.1, 0.15) is 6.54 Å². The van der Waals surface area contributed by atoms with Gasteiger partial charge in [0.05, 0.1) is 23.9 Å². The Bertz CT molecular complexity index is 1300. The van der Waals surface area contributed by atoms with E-state index in [4.69, 9.17) is 4.42 Å². The van der Waals surface area contributed by atoms with E-state index in [9.17, 15) is 27.6 Å². The Hall–Kier alpha value is -3.87. The molecule has 0 unspecified atom stereocenters. The molecule has 1 aromatic carbocycles. The van der Waals surface area contributed by atoms with Crippen molar-refractivity contribution >= 4 is 39.9 Å². The van der Waals surface area contributed by atoms with Crippen molar-refractivity contribution < 1.29 is 32.0 Å². The molecule has 0 aliphatic carbocycles. The Balaban J connectivity index is 1.27. The summed E-state index contributed by atoms with van der Waals surface area (Å²) < 4.78 is 44.3. The van der Waals surface area contributed by atoms with E-state index in [-0.39, 0.29) is 30.7 Å². The van der Waals surface area contributed by atoms with E-state index in [1.807, 2.05) is 4.90 Å². The van der Waals surface area contributed by atoms with E-state index in [1.54, 1.807) is 36.3 Å². The minimum atomic E-state index is -4.41. The van der Waals surface area contributed by atoms with Gasteiger partial charge in [0, 0.05) is 43.3 Å². The highest BCUT2D eigenvalue weighted by atomic mass is 32.1. The molecule has 0 saturated carbocycles. The van der Waals surface area contributed by atoms with Crippen molar-refractivity contribution in [3.05, 3.63) is 65.1 Å². The number of aromatic nitrogens is 1. The summed E-state index contributed by atoms with van der Waals surface area (Å²) in [5.74, 6) is -0.843. The Morgan fingerprint density at radius 3 is 2.51 bits per heavy atom. The number of carbonyl (C=O) groups excluding carboxylic acids is 3. The monoisotopic (exact) mass is 563 g/mol. The van der Waals surface area contributed by atoms with Crippen LogP contribution in [0.15, 0.2) is 52.5 Å². The lowest BCUT2D eigenvalue weighted by molar-refractivity contribution is -0.137. The van der Waals surface area contributed by atoms with Crippen LogP contribution in [0.3, 0.4) is 0 Å². The molecule has 13 heteroatoms. The van der Waals surface area contributed by atoms with Gasteiger partial charge in [0.15, 0.2) is 10.9 Å². The van der Waals surface area contributed by atoms with Gasteiger partial charge in [-0.3, -0.25) is 14.4 Å². The molecule has 3 aromatic rings. The minimum Gasteiger partial charge on any atom is -0.459 e. The van der Waals surface area contributed by atoms with E-state index in [1.165, 1.54) is 34.6 Å². The Kier molecular flexibility index (Phi) is 8.58. The van der Waals surface area contributed by atoms with Gasteiger partial charge in [-0.25, -0.2) is 4.98 Å². The zero-order valence-electron chi connectivity index (χ0n) is 21.4. The maximum absolute atomic E-state index is 13.0. The number of rotatable bonds is 8. The maximum Gasteiger partial charge on any atom is 0.416 e. The molecule has 0 radical (unpaired) electrons. The zero-order chi connectivity index (χ0) is 28.2. The lowest BCUT2D eigenvalue weighted by atomic mass is 10.1. The number of thiazole rings is 1. The number of hydrogen-bond acceptors (Lipinski definition) is 7. The number of halogens is 3. The van der Waals surface area contributed by atoms with E-state index in [2.05, 4.69) is 10.3 Å². The lowest BCUT2D eigenvalue weighted by Gasteiger charge is -2.36. The van der Waals surface area contributed by atoms with Crippen molar-refractivity contribution in [3.8, 4) is 0 Å². The van der Waals surface area contributed by atoms with Crippen molar-refractivity contribution in [2.24, 2.45) is 0 Å². The number of anilines is 2. The van der Waals surface area contributed by atoms with Gasteiger partial charge in [0.2, 0.25) is 11.8 Å². The summed E-state index contributed by atoms with van der Waals surface area (Å²) in [6, 6.07) is 8.05. The van der Waals surface area contributed by atoms with Crippen molar-refractivity contribution in [1.29, 1.82) is 0 Å². The number of benzene rings is 1. The van der Waals surface area contributed by atoms with Crippen LogP contribution in [0.25, 0.3) is 0 Å². The first-order valence-corrected chi connectivity index (χ1v) is 13.2. The van der Waals surface area contributed by atoms with Crippen LogP contribution < -0.4 is 10.2 Å². The van der Waals surface area contributed by atoms with Crippen LogP contribution in [0.5, 0.6) is 0 Å². The third-order valence-electron chi connectivity index (χ3n) is 6.23. The van der Waals surface area contributed by atoms with Crippen LogP contribution in [0.2, 0.25) is 0 Å². The molecule has 3 heterocycles. The number of amides is 3. The Morgan fingerprint density at radius 1 is 1.13 bits per heavy atom. The fraction of sp³-hybridized carbons (Fsp3) is 0.385. The zero-order valence-corrected chi connectivity index (χ0v) is 22.2. The second-order valence-electron chi connectivity index (χ2n) is 9.29. The standard InChI is InChI=1S/C26H28F3N5O4S/c1-17(2)34(24(37)21-7-4-12-38-21)15-22(35)31-25-30-19(16-39-25)14-23(36)33-10-8-32(9-11-33)20-6-3-5-18(13-20)26(27,28)29/h3-7,12-13,16-17H,8-11,14-15H2,1-2H3,(H,30,31,35). The predicted octanol–water partition coefficient (Wildman–Crippen LogP) is 4.14. The molecule has 3 amide bonds. The molecule has 1 N–H and O–H groups in total. The van der Waals surface area contributed by atoms with E-state index in [0.717, 1.165) is 12.1 Å². The van der Waals surface area contributed by atoms with Crippen molar-refractivity contribution in [3.63, 3.8) is 0 Å². The van der Waals surface area contributed by atoms with Gasteiger partial charge >= 0.3 is 6.18 Å². The van der Waals surface area contributed by atoms with Gasteiger partial charge < -0.3 is 24.4 Å². The van der Waals surface area contributed by atoms with Gasteiger partial charge in [-0.15, -0.1) is 11.3 Å². The summed E-state index contributed by atoms with van der Waals surface area (Å²) in [5, 5.41) is 4.66. The number of piperazine rings is 1. The van der Waals surface area contributed by atoms with E-state index in [0.29, 0.717) is 42.7 Å². The molecule has 4 rings (SSSR count). The van der Waals surface area contributed by atoms with E-state index < -0.39 is 23.6 Å². The van der Waals surface area contributed by atoms with Crippen LogP contribution in [0, 0.1) is 0 Å². The average Bonchev–Trinajstić information content (AvgIpc) is 3.59. The summed E-state index contributed by atoms with van der Waals surface area (Å²) in [5.41, 5.74) is 0.262. The number of alkyl halides is 3. The van der Waals surface area contributed by atoms with Crippen molar-refractivity contribution in [1.82, 2.24) is 14.8 Å². The predicted molar refractivity (Wildman–Crippen MR) is 140 cm³/mol. The Morgan fingerprint density at radius 2 is 1.87 bits per heavy atom. The fourth-order valence-corrected chi connectivity index (χ4v) is 4.88. The number of hydrogen-bond donors (Lipinski definition) is 1. The average molecular weight is 564 g/mol. The molecule has 0 bridgehead atoms. The molecule has 208 valence electrons. The third-order valence-corrected chi connectivity index (χ3v) is 7.04. The smallest absolute Gasteiger partial charge is 0.416 e. The Labute approximate surface area is 227 Å². The molecular formula is C26H28F3N5O4S. The first-order valence-electron chi connectivity index (χ1n) is 12.3. The van der Waals surface area contributed by atoms with Crippen LogP contribution in [0.1, 0.15) is 35.7 Å². The first kappa shape index (κ1) is 28.1. The summed E-state index contributed by atoms with van der Waals surface area (Å²) in [6.07, 6.45) is -2.99. The molecule has 39 heavy (non-hydrogen) atoms. The maximum atomic E-state index is 13.0. The normalized spacial score (nSPS) is 14.0. The topological polar surface area (TPSA) is 99.0 Å². The molecule has 2 aromatic heterocycles. The fourth-order valence-electron chi connectivity index (χ4n) is 4.15. The second-order valence-corrected chi connectivity index (χ2v) is 10.1. The van der Waals surface area contributed by atoms with Crippen LogP contribution in [0.4, 0.5) is 24.0 Å². The highest BCUT2D eigenvalue weighted by molar-refractivity contribution is 7.13. The quantitative estimate of drug-likeness (QED) is 0.443. The molecule has 1 saturated heterocycles. The summed E-state index contributed by atoms with van der Waals surface area (Å²) >= 11 is 1.17. The van der Waals surface area contributed by atoms with Crippen LogP contribution in [-0.2, 0) is 22.2 Å². The summed E-state index contributed by atoms with van der Waals surface area (Å²) in [6.45, 7) is 4.96. The highest BCUT2D eigenvalue weighted by Crippen LogP contribution is 2.32. The highest BCUT2D eigenvalue weighted by Gasteiger charge is 2.31. The first-order chi connectivity index (χ1) is 18.5. The number of nitrogens with one attached hydrogen (secondary N) is 1.